The molecule has 0 spiro atoms. The maximum Gasteiger partial charge on any atom is 0.259 e. The Hall–Kier alpha value is -3.98. The van der Waals surface area contributed by atoms with Crippen molar-refractivity contribution in [1.29, 1.82) is 0 Å². The number of rotatable bonds is 7. The van der Waals surface area contributed by atoms with Crippen molar-refractivity contribution in [3.63, 3.8) is 0 Å². The maximum absolute atomic E-state index is 13.5. The first-order valence-electron chi connectivity index (χ1n) is 13.1. The lowest BCUT2D eigenvalue weighted by Crippen LogP contribution is -2.46. The lowest BCUT2D eigenvalue weighted by atomic mass is 10.1. The third-order valence-corrected chi connectivity index (χ3v) is 7.60. The predicted octanol–water partition coefficient (Wildman–Crippen LogP) is 3.59. The Labute approximate surface area is 222 Å². The van der Waals surface area contributed by atoms with E-state index in [-0.39, 0.29) is 12.5 Å². The first-order valence-corrected chi connectivity index (χ1v) is 13.1. The van der Waals surface area contributed by atoms with Crippen LogP contribution in [0, 0.1) is 0 Å². The van der Waals surface area contributed by atoms with E-state index in [1.165, 1.54) is 0 Å². The molecule has 0 radical (unpaired) electrons. The molecule has 1 saturated heterocycles. The van der Waals surface area contributed by atoms with E-state index in [0.29, 0.717) is 17.8 Å². The summed E-state index contributed by atoms with van der Waals surface area (Å²) in [5, 5.41) is 17.8. The number of para-hydroxylation sites is 1. The van der Waals surface area contributed by atoms with Crippen LogP contribution in [0.1, 0.15) is 32.7 Å². The minimum absolute atomic E-state index is 0.0260. The van der Waals surface area contributed by atoms with Gasteiger partial charge in [-0.3, -0.25) is 19.7 Å². The summed E-state index contributed by atoms with van der Waals surface area (Å²) >= 11 is 0. The number of H-pyrrole nitrogens is 1. The van der Waals surface area contributed by atoms with Crippen LogP contribution in [-0.2, 0) is 13.1 Å². The van der Waals surface area contributed by atoms with E-state index < -0.39 is 0 Å². The number of benzene rings is 3. The molecule has 0 unspecified atom stereocenters. The Morgan fingerprint density at radius 3 is 2.61 bits per heavy atom. The van der Waals surface area contributed by atoms with Crippen molar-refractivity contribution >= 4 is 40.3 Å². The first-order chi connectivity index (χ1) is 18.6. The van der Waals surface area contributed by atoms with Gasteiger partial charge in [-0.15, -0.1) is 0 Å². The number of hydrogen-bond acceptors (Lipinski definition) is 6. The van der Waals surface area contributed by atoms with E-state index in [0.717, 1.165) is 78.2 Å². The van der Waals surface area contributed by atoms with Crippen LogP contribution >= 0.6 is 0 Å². The number of aliphatic hydroxyl groups excluding tert-OH is 1. The fourth-order valence-electron chi connectivity index (χ4n) is 5.46. The van der Waals surface area contributed by atoms with Gasteiger partial charge in [0.15, 0.2) is 0 Å². The zero-order chi connectivity index (χ0) is 26.1. The van der Waals surface area contributed by atoms with Crippen molar-refractivity contribution in [2.45, 2.75) is 13.1 Å². The number of anilines is 2. The number of carbonyl (C=O) groups excluding carboxylic acids is 1. The molecule has 0 aliphatic carbocycles. The highest BCUT2D eigenvalue weighted by molar-refractivity contribution is 6.12. The lowest BCUT2D eigenvalue weighted by molar-refractivity contribution is 0.0996. The Morgan fingerprint density at radius 1 is 0.974 bits per heavy atom. The first kappa shape index (κ1) is 24.4. The molecule has 0 saturated carbocycles. The third-order valence-electron chi connectivity index (χ3n) is 7.60. The third kappa shape index (κ3) is 4.69. The highest BCUT2D eigenvalue weighted by atomic mass is 16.3. The van der Waals surface area contributed by atoms with Gasteiger partial charge in [0, 0.05) is 61.5 Å². The van der Waals surface area contributed by atoms with Gasteiger partial charge in [0.25, 0.3) is 5.91 Å². The number of aromatic amines is 1. The number of nitrogens with two attached hydrogens (primary N) is 1. The van der Waals surface area contributed by atoms with Gasteiger partial charge in [-0.25, -0.2) is 0 Å². The largest absolute Gasteiger partial charge is 0.398 e. The SMILES string of the molecule is Nc1cccc2c1CN(c1cc(CN3CCN(CCO)CC3)ccc1/C=C/c1n[nH]c3ccccc13)C2=O. The average Bonchev–Trinajstić information content (AvgIpc) is 3.51. The van der Waals surface area contributed by atoms with Crippen LogP contribution in [0.25, 0.3) is 23.1 Å². The number of aromatic nitrogens is 2. The topological polar surface area (TPSA) is 102 Å². The summed E-state index contributed by atoms with van der Waals surface area (Å²) in [5.74, 6) is -0.0260. The van der Waals surface area contributed by atoms with Crippen LogP contribution in [0.5, 0.6) is 0 Å². The Bertz CT molecular complexity index is 1500. The molecule has 1 fully saturated rings. The number of piperazine rings is 1. The molecule has 3 heterocycles. The number of nitrogens with zero attached hydrogens (tertiary/aromatic N) is 4. The molecule has 0 bridgehead atoms. The van der Waals surface area contributed by atoms with Gasteiger partial charge in [-0.1, -0.05) is 42.5 Å². The second-order valence-electron chi connectivity index (χ2n) is 9.99. The van der Waals surface area contributed by atoms with Crippen LogP contribution in [0.15, 0.2) is 60.7 Å². The summed E-state index contributed by atoms with van der Waals surface area (Å²) in [5.41, 5.74) is 13.3. The van der Waals surface area contributed by atoms with Crippen molar-refractivity contribution in [3.05, 3.63) is 88.6 Å². The quantitative estimate of drug-likeness (QED) is 0.330. The van der Waals surface area contributed by atoms with E-state index in [9.17, 15) is 9.90 Å². The molecule has 2 aliphatic rings. The molecule has 4 aromatic rings. The van der Waals surface area contributed by atoms with Gasteiger partial charge in [-0.05, 0) is 41.5 Å². The van der Waals surface area contributed by atoms with E-state index in [1.807, 2.05) is 59.5 Å². The molecule has 1 amide bonds. The molecule has 6 rings (SSSR count). The standard InChI is InChI=1S/C30H32N6O2/c31-26-6-3-5-23-25(26)20-36(30(23)38)29-18-21(19-35-14-12-34(13-15-35)16-17-37)8-9-22(29)10-11-28-24-4-1-2-7-27(24)32-33-28/h1-11,18,37H,12-17,19-20,31H2,(H,32,33)/b11-10+. The second kappa shape index (κ2) is 10.4. The van der Waals surface area contributed by atoms with Crippen molar-refractivity contribution in [3.8, 4) is 0 Å². The summed E-state index contributed by atoms with van der Waals surface area (Å²) < 4.78 is 0. The minimum atomic E-state index is -0.0260. The summed E-state index contributed by atoms with van der Waals surface area (Å²) in [7, 11) is 0. The second-order valence-corrected chi connectivity index (χ2v) is 9.99. The van der Waals surface area contributed by atoms with Gasteiger partial charge >= 0.3 is 0 Å². The van der Waals surface area contributed by atoms with E-state index in [4.69, 9.17) is 5.73 Å². The smallest absolute Gasteiger partial charge is 0.259 e. The van der Waals surface area contributed by atoms with Crippen LogP contribution in [0.2, 0.25) is 0 Å². The van der Waals surface area contributed by atoms with Gasteiger partial charge in [-0.2, -0.15) is 5.10 Å². The predicted molar refractivity (Wildman–Crippen MR) is 152 cm³/mol. The summed E-state index contributed by atoms with van der Waals surface area (Å²) in [6.07, 6.45) is 4.04. The zero-order valence-corrected chi connectivity index (χ0v) is 21.3. The molecule has 2 aliphatic heterocycles. The lowest BCUT2D eigenvalue weighted by Gasteiger charge is -2.34. The Kier molecular flexibility index (Phi) is 6.68. The van der Waals surface area contributed by atoms with Crippen molar-refractivity contribution < 1.29 is 9.90 Å². The molecule has 0 atom stereocenters. The monoisotopic (exact) mass is 508 g/mol. The number of amides is 1. The normalized spacial score (nSPS) is 16.7. The number of hydrogen-bond donors (Lipinski definition) is 3. The van der Waals surface area contributed by atoms with Gasteiger partial charge < -0.3 is 15.7 Å². The minimum Gasteiger partial charge on any atom is -0.398 e. The molecule has 1 aromatic heterocycles. The molecule has 8 heteroatoms. The van der Waals surface area contributed by atoms with Crippen LogP contribution < -0.4 is 10.6 Å². The van der Waals surface area contributed by atoms with E-state index in [1.54, 1.807) is 0 Å². The van der Waals surface area contributed by atoms with Gasteiger partial charge in [0.1, 0.15) is 0 Å². The number of nitrogens with one attached hydrogen (secondary N) is 1. The summed E-state index contributed by atoms with van der Waals surface area (Å²) in [6.45, 7) is 5.99. The molecular weight excluding hydrogens is 476 g/mol. The zero-order valence-electron chi connectivity index (χ0n) is 21.3. The molecular formula is C30H32N6O2. The van der Waals surface area contributed by atoms with Crippen molar-refractivity contribution in [2.75, 3.05) is 50.0 Å². The Balaban J connectivity index is 1.31. The van der Waals surface area contributed by atoms with Gasteiger partial charge in [0.2, 0.25) is 0 Å². The van der Waals surface area contributed by atoms with Crippen LogP contribution in [0.4, 0.5) is 11.4 Å². The van der Waals surface area contributed by atoms with E-state index >= 15 is 0 Å². The average molecular weight is 509 g/mol. The fraction of sp³-hybridized carbons (Fsp3) is 0.267. The van der Waals surface area contributed by atoms with Crippen LogP contribution in [-0.4, -0.2) is 70.3 Å². The number of aliphatic hydroxyl groups is 1. The van der Waals surface area contributed by atoms with Crippen molar-refractivity contribution in [1.82, 2.24) is 20.0 Å². The molecule has 194 valence electrons. The molecule has 8 nitrogen and oxygen atoms in total. The van der Waals surface area contributed by atoms with Crippen molar-refractivity contribution in [2.24, 2.45) is 0 Å². The summed E-state index contributed by atoms with van der Waals surface area (Å²) in [6, 6.07) is 20.0. The maximum atomic E-state index is 13.5. The van der Waals surface area contributed by atoms with E-state index in [2.05, 4.69) is 38.2 Å². The summed E-state index contributed by atoms with van der Waals surface area (Å²) in [4.78, 5) is 20.1. The number of fused-ring (bicyclic) bond motifs is 2. The highest BCUT2D eigenvalue weighted by Crippen LogP contribution is 2.35. The number of nitrogen functional groups attached to an aromatic ring is 1. The molecule has 3 aromatic carbocycles. The highest BCUT2D eigenvalue weighted by Gasteiger charge is 2.31. The molecule has 38 heavy (non-hydrogen) atoms. The fourth-order valence-corrected chi connectivity index (χ4v) is 5.46. The number of β-amino-alcohol motifs (C(OH)–C–C–N with tert-alkyl or cyclic N) is 1. The molecule has 4 N–H and O–H groups in total. The van der Waals surface area contributed by atoms with Crippen LogP contribution in [0.3, 0.4) is 0 Å². The Morgan fingerprint density at radius 2 is 1.79 bits per heavy atom. The number of carbonyl (C=O) groups is 1. The van der Waals surface area contributed by atoms with Gasteiger partial charge in [0.05, 0.1) is 30.0 Å².